The Morgan fingerprint density at radius 1 is 1.36 bits per heavy atom. The molecule has 1 amide bonds. The zero-order chi connectivity index (χ0) is 28.2. The highest BCUT2D eigenvalue weighted by atomic mass is 35.5. The molecule has 2 atom stereocenters. The molecule has 4 rings (SSSR count). The molecule has 10 nitrogen and oxygen atoms in total. The Bertz CT molecular complexity index is 1420. The van der Waals surface area contributed by atoms with Crippen molar-refractivity contribution in [3.63, 3.8) is 0 Å². The van der Waals surface area contributed by atoms with Crippen LogP contribution in [0.1, 0.15) is 24.8 Å². The number of nitrogens with one attached hydrogen (secondary N) is 2. The Labute approximate surface area is 233 Å². The average molecular weight is 597 g/mol. The van der Waals surface area contributed by atoms with Gasteiger partial charge in [-0.15, -0.1) is 9.62 Å². The van der Waals surface area contributed by atoms with Crippen molar-refractivity contribution in [3.05, 3.63) is 52.9 Å². The van der Waals surface area contributed by atoms with Crippen LogP contribution in [0.25, 0.3) is 10.9 Å². The molecule has 1 fully saturated rings. The quantitative estimate of drug-likeness (QED) is 0.170. The first-order chi connectivity index (χ1) is 18.6. The van der Waals surface area contributed by atoms with Crippen molar-refractivity contribution >= 4 is 65.9 Å². The molecule has 2 unspecified atom stereocenters. The van der Waals surface area contributed by atoms with Gasteiger partial charge in [0.2, 0.25) is 5.91 Å². The molecule has 1 aliphatic heterocycles. The lowest BCUT2D eigenvalue weighted by Crippen LogP contribution is -2.22. The Morgan fingerprint density at radius 2 is 2.15 bits per heavy atom. The van der Waals surface area contributed by atoms with Crippen LogP contribution in [-0.4, -0.2) is 60.5 Å². The first-order valence-corrected chi connectivity index (χ1v) is 15.3. The van der Waals surface area contributed by atoms with Gasteiger partial charge < -0.3 is 25.6 Å². The van der Waals surface area contributed by atoms with Gasteiger partial charge in [0.25, 0.3) is 0 Å². The highest BCUT2D eigenvalue weighted by Gasteiger charge is 2.32. The number of halogens is 2. The summed E-state index contributed by atoms with van der Waals surface area (Å²) in [6, 6.07) is 9.13. The van der Waals surface area contributed by atoms with E-state index in [1.54, 1.807) is 6.07 Å². The first-order valence-electron chi connectivity index (χ1n) is 11.8. The number of aliphatic hydroxyl groups excluding tert-OH is 2. The third kappa shape index (κ3) is 7.03. The largest absolute Gasteiger partial charge is 0.489 e. The number of aromatic nitrogens is 1. The molecular weight excluding hydrogens is 571 g/mol. The van der Waals surface area contributed by atoms with Crippen molar-refractivity contribution in [2.45, 2.75) is 30.6 Å². The zero-order valence-corrected chi connectivity index (χ0v) is 22.8. The van der Waals surface area contributed by atoms with E-state index in [9.17, 15) is 28.7 Å². The fourth-order valence-electron chi connectivity index (χ4n) is 3.97. The Kier molecular flexibility index (Phi) is 9.39. The van der Waals surface area contributed by atoms with Crippen molar-refractivity contribution < 1.29 is 33.2 Å². The van der Waals surface area contributed by atoms with E-state index in [2.05, 4.69) is 21.7 Å². The first kappa shape index (κ1) is 29.2. The van der Waals surface area contributed by atoms with E-state index >= 15 is 0 Å². The summed E-state index contributed by atoms with van der Waals surface area (Å²) in [5.74, 6) is -0.222. The molecular formula is C25H26ClFN4O6S2. The van der Waals surface area contributed by atoms with Crippen molar-refractivity contribution in [1.82, 2.24) is 4.98 Å². The van der Waals surface area contributed by atoms with Gasteiger partial charge in [-0.05, 0) is 47.9 Å². The molecule has 0 bridgehead atoms. The van der Waals surface area contributed by atoms with Gasteiger partial charge in [0.15, 0.2) is 0 Å². The number of anilines is 3. The highest BCUT2D eigenvalue weighted by molar-refractivity contribution is 8.90. The third-order valence-electron chi connectivity index (χ3n) is 6.02. The van der Waals surface area contributed by atoms with Crippen LogP contribution < -0.4 is 15.4 Å². The number of hydrogen-bond acceptors (Lipinski definition) is 10. The average Bonchev–Trinajstić information content (AvgIpc) is 3.25. The Hall–Kier alpha value is -2.83. The predicted molar refractivity (Wildman–Crippen MR) is 151 cm³/mol. The van der Waals surface area contributed by atoms with Gasteiger partial charge in [-0.3, -0.25) is 18.9 Å². The maximum Gasteiger partial charge on any atom is 0.224 e. The van der Waals surface area contributed by atoms with Crippen LogP contribution >= 0.6 is 32.0 Å². The standard InChI is InChI=1S/C25H26ClFN4O6S2/c26-19-7-15(1-3-20(19)27)30-25-14(10-28)11-29-21-9-23(37-13-16(33)12-32)22(8-18(21)25)31-24(34)4-2-17-5-6-38-39(17,35)36/h1,3,7-9,11,16-17,32-33,35-36H,2,4-6,12-13H2,(H,29,30)(H,31,34). The van der Waals surface area contributed by atoms with Gasteiger partial charge in [0.1, 0.15) is 30.3 Å². The number of aliphatic hydroxyl groups is 2. The fraction of sp³-hybridized carbons (Fsp3) is 0.320. The fourth-order valence-corrected chi connectivity index (χ4v) is 8.15. The van der Waals surface area contributed by atoms with E-state index in [0.717, 1.165) is 10.8 Å². The number of rotatable bonds is 10. The second-order valence-electron chi connectivity index (χ2n) is 8.78. The summed E-state index contributed by atoms with van der Waals surface area (Å²) in [5, 5.41) is 34.4. The summed E-state index contributed by atoms with van der Waals surface area (Å²) in [6.07, 6.45) is 1.09. The number of amides is 1. The van der Waals surface area contributed by atoms with Gasteiger partial charge in [-0.1, -0.05) is 11.6 Å². The molecule has 14 heteroatoms. The molecule has 2 aromatic carbocycles. The van der Waals surface area contributed by atoms with Crippen LogP contribution in [0.5, 0.6) is 5.75 Å². The number of carbonyl (C=O) groups excluding carboxylic acids is 1. The predicted octanol–water partition coefficient (Wildman–Crippen LogP) is 5.26. The SMILES string of the molecule is N#Cc1cnc2cc(OCC(O)CO)c(NC(=O)CCC3CCSS3(O)O)cc2c1Nc1ccc(F)c(Cl)c1. The van der Waals surface area contributed by atoms with Crippen molar-refractivity contribution in [2.75, 3.05) is 29.6 Å². The molecule has 39 heavy (non-hydrogen) atoms. The van der Waals surface area contributed by atoms with Gasteiger partial charge in [0, 0.05) is 35.5 Å². The minimum absolute atomic E-state index is 0.0213. The van der Waals surface area contributed by atoms with E-state index in [4.69, 9.17) is 21.4 Å². The lowest BCUT2D eigenvalue weighted by atomic mass is 10.1. The monoisotopic (exact) mass is 596 g/mol. The number of carbonyl (C=O) groups is 1. The lowest BCUT2D eigenvalue weighted by Gasteiger charge is -2.32. The summed E-state index contributed by atoms with van der Waals surface area (Å²) < 4.78 is 39.6. The molecule has 208 valence electrons. The van der Waals surface area contributed by atoms with Crippen molar-refractivity contribution in [1.29, 1.82) is 5.26 Å². The molecule has 1 saturated heterocycles. The molecule has 0 saturated carbocycles. The molecule has 0 aliphatic carbocycles. The van der Waals surface area contributed by atoms with Gasteiger partial charge >= 0.3 is 0 Å². The number of hydrogen-bond donors (Lipinski definition) is 6. The topological polar surface area (TPSA) is 168 Å². The normalized spacial score (nSPS) is 17.8. The van der Waals surface area contributed by atoms with Crippen LogP contribution in [-0.2, 0) is 4.79 Å². The smallest absolute Gasteiger partial charge is 0.224 e. The van der Waals surface area contributed by atoms with Gasteiger partial charge in [0.05, 0.1) is 39.3 Å². The number of fused-ring (bicyclic) bond motifs is 1. The number of nitrogens with zero attached hydrogens (tertiary/aromatic N) is 2. The van der Waals surface area contributed by atoms with E-state index < -0.39 is 34.1 Å². The van der Waals surface area contributed by atoms with Gasteiger partial charge in [-0.25, -0.2) is 4.39 Å². The molecule has 1 aromatic heterocycles. The maximum atomic E-state index is 13.7. The van der Waals surface area contributed by atoms with Crippen LogP contribution in [0.15, 0.2) is 36.5 Å². The maximum absolute atomic E-state index is 13.7. The Balaban J connectivity index is 1.68. The molecule has 0 radical (unpaired) electrons. The summed E-state index contributed by atoms with van der Waals surface area (Å²) in [4.78, 5) is 17.2. The molecule has 3 aromatic rings. The van der Waals surface area contributed by atoms with E-state index in [1.165, 1.54) is 30.5 Å². The second-order valence-corrected chi connectivity index (χ2v) is 13.8. The van der Waals surface area contributed by atoms with Crippen molar-refractivity contribution in [3.8, 4) is 11.8 Å². The third-order valence-corrected chi connectivity index (χ3v) is 10.8. The van der Waals surface area contributed by atoms with Crippen LogP contribution in [0.4, 0.5) is 21.5 Å². The van der Waals surface area contributed by atoms with Crippen LogP contribution in [0.3, 0.4) is 0 Å². The number of benzene rings is 2. The van der Waals surface area contributed by atoms with E-state index in [-0.39, 0.29) is 46.7 Å². The van der Waals surface area contributed by atoms with E-state index in [0.29, 0.717) is 34.5 Å². The molecule has 6 N–H and O–H groups in total. The molecule has 2 heterocycles. The number of pyridine rings is 1. The second kappa shape index (κ2) is 12.6. The van der Waals surface area contributed by atoms with Crippen LogP contribution in [0, 0.1) is 17.1 Å². The summed E-state index contributed by atoms with van der Waals surface area (Å²) in [6.45, 7) is -0.792. The molecule has 0 spiro atoms. The van der Waals surface area contributed by atoms with E-state index in [1.807, 2.05) is 0 Å². The highest BCUT2D eigenvalue weighted by Crippen LogP contribution is 2.64. The minimum atomic E-state index is -2.78. The van der Waals surface area contributed by atoms with Crippen LogP contribution in [0.2, 0.25) is 5.02 Å². The zero-order valence-electron chi connectivity index (χ0n) is 20.4. The summed E-state index contributed by atoms with van der Waals surface area (Å²) >= 11 is 5.92. The number of nitriles is 1. The number of ether oxygens (including phenoxy) is 1. The molecule has 1 aliphatic rings. The summed E-state index contributed by atoms with van der Waals surface area (Å²) in [7, 11) is -1.67. The lowest BCUT2D eigenvalue weighted by molar-refractivity contribution is -0.116. The minimum Gasteiger partial charge on any atom is -0.489 e. The van der Waals surface area contributed by atoms with Gasteiger partial charge in [-0.2, -0.15) is 5.26 Å². The Morgan fingerprint density at radius 3 is 2.82 bits per heavy atom. The van der Waals surface area contributed by atoms with Crippen molar-refractivity contribution in [2.24, 2.45) is 0 Å². The summed E-state index contributed by atoms with van der Waals surface area (Å²) in [5.41, 5.74) is 1.51.